The highest BCUT2D eigenvalue weighted by Gasteiger charge is 2.11. The van der Waals surface area contributed by atoms with Crippen LogP contribution in [-0.2, 0) is 6.54 Å². The van der Waals surface area contributed by atoms with Crippen LogP contribution in [0.2, 0.25) is 0 Å². The Balaban J connectivity index is 1.42. The van der Waals surface area contributed by atoms with Crippen LogP contribution >= 0.6 is 0 Å². The van der Waals surface area contributed by atoms with Gasteiger partial charge in [-0.3, -0.25) is 4.57 Å². The zero-order chi connectivity index (χ0) is 23.8. The smallest absolute Gasteiger partial charge is 0.139 e. The number of nitrogens with two attached hydrogens (primary N) is 1. The Bertz CT molecular complexity index is 1650. The van der Waals surface area contributed by atoms with Crippen LogP contribution in [0.15, 0.2) is 103 Å². The largest absolute Gasteiger partial charge is 0.497 e. The average molecular weight is 457 g/mol. The van der Waals surface area contributed by atoms with Crippen molar-refractivity contribution in [3.8, 4) is 33.8 Å². The number of aromatic nitrogens is 3. The molecule has 0 saturated heterocycles. The molecule has 0 aliphatic rings. The molecule has 0 atom stereocenters. The summed E-state index contributed by atoms with van der Waals surface area (Å²) in [7, 11) is 1.68. The van der Waals surface area contributed by atoms with Crippen LogP contribution in [0.4, 0.5) is 0 Å². The molecule has 0 saturated carbocycles. The minimum Gasteiger partial charge on any atom is -0.497 e. The quantitative estimate of drug-likeness (QED) is 0.327. The maximum absolute atomic E-state index is 5.78. The molecule has 0 spiro atoms. The van der Waals surface area contributed by atoms with Crippen molar-refractivity contribution in [3.05, 3.63) is 109 Å². The van der Waals surface area contributed by atoms with Crippen LogP contribution in [0.5, 0.6) is 5.75 Å². The maximum atomic E-state index is 5.78. The number of nitrogens with zero attached hydrogens (tertiary/aromatic N) is 3. The molecule has 0 bridgehead atoms. The predicted octanol–water partition coefficient (Wildman–Crippen LogP) is 6.38. The molecule has 6 aromatic rings. The van der Waals surface area contributed by atoms with Gasteiger partial charge in [-0.25, -0.2) is 9.97 Å². The number of hydrogen-bond donors (Lipinski definition) is 1. The highest BCUT2D eigenvalue weighted by atomic mass is 16.5. The van der Waals surface area contributed by atoms with Crippen molar-refractivity contribution in [3.63, 3.8) is 0 Å². The Morgan fingerprint density at radius 1 is 0.800 bits per heavy atom. The second-order valence-electron chi connectivity index (χ2n) is 8.49. The lowest BCUT2D eigenvalue weighted by Crippen LogP contribution is -1.97. The Hall–Kier alpha value is -4.48. The van der Waals surface area contributed by atoms with Crippen molar-refractivity contribution in [2.24, 2.45) is 5.73 Å². The van der Waals surface area contributed by atoms with Crippen LogP contribution in [0.1, 0.15) is 5.56 Å². The van der Waals surface area contributed by atoms with Crippen molar-refractivity contribution in [2.75, 3.05) is 7.11 Å². The summed E-state index contributed by atoms with van der Waals surface area (Å²) in [6.07, 6.45) is 1.84. The fourth-order valence-corrected chi connectivity index (χ4v) is 4.48. The van der Waals surface area contributed by atoms with Gasteiger partial charge in [-0.1, -0.05) is 60.7 Å². The first-order valence-electron chi connectivity index (χ1n) is 11.5. The summed E-state index contributed by atoms with van der Waals surface area (Å²) >= 11 is 0. The van der Waals surface area contributed by atoms with Crippen LogP contribution < -0.4 is 10.5 Å². The standard InChI is InChI=1S/C30H24N4O/c1-35-25-13-9-21(10-14-25)24-11-15-28-27(17-24)32-19-34(28)29-16-12-23-3-2-4-26(30(23)33-29)22-7-5-20(18-31)6-8-22/h2-17,19H,18,31H2,1H3. The Morgan fingerprint density at radius 3 is 2.34 bits per heavy atom. The second-order valence-corrected chi connectivity index (χ2v) is 8.49. The minimum atomic E-state index is 0.534. The van der Waals surface area contributed by atoms with Gasteiger partial charge in [0.05, 0.1) is 23.7 Å². The van der Waals surface area contributed by atoms with Gasteiger partial charge < -0.3 is 10.5 Å². The van der Waals surface area contributed by atoms with Gasteiger partial charge in [-0.2, -0.15) is 0 Å². The molecule has 6 rings (SSSR count). The Kier molecular flexibility index (Phi) is 5.24. The molecule has 2 N–H and O–H groups in total. The third-order valence-electron chi connectivity index (χ3n) is 6.42. The molecule has 0 amide bonds. The van der Waals surface area contributed by atoms with E-state index >= 15 is 0 Å². The number of benzene rings is 4. The van der Waals surface area contributed by atoms with Crippen molar-refractivity contribution < 1.29 is 4.74 Å². The number of rotatable bonds is 5. The van der Waals surface area contributed by atoms with E-state index in [1.165, 1.54) is 0 Å². The molecule has 170 valence electrons. The Labute approximate surface area is 203 Å². The third-order valence-corrected chi connectivity index (χ3v) is 6.42. The van der Waals surface area contributed by atoms with E-state index in [4.69, 9.17) is 15.5 Å². The van der Waals surface area contributed by atoms with E-state index < -0.39 is 0 Å². The topological polar surface area (TPSA) is 66.0 Å². The summed E-state index contributed by atoms with van der Waals surface area (Å²) in [5.41, 5.74) is 14.2. The zero-order valence-electron chi connectivity index (χ0n) is 19.3. The molecule has 0 aliphatic heterocycles. The highest BCUT2D eigenvalue weighted by molar-refractivity contribution is 5.94. The monoisotopic (exact) mass is 456 g/mol. The van der Waals surface area contributed by atoms with Crippen molar-refractivity contribution in [1.82, 2.24) is 14.5 Å². The van der Waals surface area contributed by atoms with Gasteiger partial charge in [0.25, 0.3) is 0 Å². The summed E-state index contributed by atoms with van der Waals surface area (Å²) in [4.78, 5) is 9.75. The van der Waals surface area contributed by atoms with Crippen LogP contribution in [-0.4, -0.2) is 21.6 Å². The van der Waals surface area contributed by atoms with E-state index in [2.05, 4.69) is 83.8 Å². The number of hydrogen-bond acceptors (Lipinski definition) is 4. The van der Waals surface area contributed by atoms with Crippen LogP contribution in [0, 0.1) is 0 Å². The first kappa shape index (κ1) is 21.1. The first-order chi connectivity index (χ1) is 17.2. The molecular formula is C30H24N4O. The first-order valence-corrected chi connectivity index (χ1v) is 11.5. The molecule has 0 fully saturated rings. The van der Waals surface area contributed by atoms with Crippen molar-refractivity contribution >= 4 is 21.9 Å². The van der Waals surface area contributed by atoms with E-state index in [0.29, 0.717) is 6.54 Å². The zero-order valence-corrected chi connectivity index (χ0v) is 19.3. The molecule has 0 radical (unpaired) electrons. The van der Waals surface area contributed by atoms with Gasteiger partial charge in [0.1, 0.15) is 17.9 Å². The second kappa shape index (κ2) is 8.70. The number of ether oxygens (including phenoxy) is 1. The van der Waals surface area contributed by atoms with Crippen LogP contribution in [0.25, 0.3) is 50.0 Å². The van der Waals surface area contributed by atoms with E-state index in [0.717, 1.165) is 61.3 Å². The van der Waals surface area contributed by atoms with Crippen LogP contribution in [0.3, 0.4) is 0 Å². The summed E-state index contributed by atoms with van der Waals surface area (Å²) in [5, 5.41) is 1.10. The molecule has 35 heavy (non-hydrogen) atoms. The van der Waals surface area contributed by atoms with Gasteiger partial charge in [-0.15, -0.1) is 0 Å². The fourth-order valence-electron chi connectivity index (χ4n) is 4.48. The number of methoxy groups -OCH3 is 1. The lowest BCUT2D eigenvalue weighted by molar-refractivity contribution is 0.415. The normalized spacial score (nSPS) is 11.3. The average Bonchev–Trinajstić information content (AvgIpc) is 3.36. The fraction of sp³-hybridized carbons (Fsp3) is 0.0667. The van der Waals surface area contributed by atoms with Gasteiger partial charge in [0, 0.05) is 17.5 Å². The molecule has 2 heterocycles. The SMILES string of the molecule is COc1ccc(-c2ccc3c(c2)ncn3-c2ccc3cccc(-c4ccc(CN)cc4)c3n2)cc1. The molecule has 5 heteroatoms. The summed E-state index contributed by atoms with van der Waals surface area (Å²) in [6, 6.07) is 33.2. The molecule has 2 aromatic heterocycles. The summed E-state index contributed by atoms with van der Waals surface area (Å²) in [6.45, 7) is 0.534. The lowest BCUT2D eigenvalue weighted by atomic mass is 10.0. The molecule has 4 aromatic carbocycles. The molecule has 0 unspecified atom stereocenters. The van der Waals surface area contributed by atoms with Gasteiger partial charge in [0.2, 0.25) is 0 Å². The Morgan fingerprint density at radius 2 is 1.57 bits per heavy atom. The minimum absolute atomic E-state index is 0.534. The molecule has 5 nitrogen and oxygen atoms in total. The van der Waals surface area contributed by atoms with E-state index in [9.17, 15) is 0 Å². The van der Waals surface area contributed by atoms with Crippen molar-refractivity contribution in [2.45, 2.75) is 6.54 Å². The molecular weight excluding hydrogens is 432 g/mol. The number of pyridine rings is 1. The van der Waals surface area contributed by atoms with E-state index in [1.54, 1.807) is 7.11 Å². The van der Waals surface area contributed by atoms with Gasteiger partial charge in [-0.05, 0) is 58.7 Å². The van der Waals surface area contributed by atoms with Gasteiger partial charge in [0.15, 0.2) is 0 Å². The maximum Gasteiger partial charge on any atom is 0.139 e. The lowest BCUT2D eigenvalue weighted by Gasteiger charge is -2.10. The summed E-state index contributed by atoms with van der Waals surface area (Å²) in [5.74, 6) is 1.68. The van der Waals surface area contributed by atoms with Gasteiger partial charge >= 0.3 is 0 Å². The summed E-state index contributed by atoms with van der Waals surface area (Å²) < 4.78 is 7.32. The van der Waals surface area contributed by atoms with Crippen molar-refractivity contribution in [1.29, 1.82) is 0 Å². The highest BCUT2D eigenvalue weighted by Crippen LogP contribution is 2.30. The number of imidazole rings is 1. The van der Waals surface area contributed by atoms with E-state index in [1.807, 2.05) is 29.1 Å². The molecule has 0 aliphatic carbocycles. The third kappa shape index (κ3) is 3.82. The van der Waals surface area contributed by atoms with E-state index in [-0.39, 0.29) is 0 Å². The number of para-hydroxylation sites is 1. The number of fused-ring (bicyclic) bond motifs is 2. The predicted molar refractivity (Wildman–Crippen MR) is 142 cm³/mol.